The van der Waals surface area contributed by atoms with Crippen molar-refractivity contribution >= 4 is 21.8 Å². The summed E-state index contributed by atoms with van der Waals surface area (Å²) >= 11 is 5.49. The summed E-state index contributed by atoms with van der Waals surface area (Å²) < 4.78 is 51.5. The Labute approximate surface area is 112 Å². The van der Waals surface area contributed by atoms with Gasteiger partial charge in [0.1, 0.15) is 0 Å². The summed E-state index contributed by atoms with van der Waals surface area (Å²) in [5, 5.41) is 0. The van der Waals surface area contributed by atoms with Crippen LogP contribution >= 0.6 is 11.6 Å². The second-order valence-electron chi connectivity index (χ2n) is 4.40. The summed E-state index contributed by atoms with van der Waals surface area (Å²) in [5.41, 5.74) is 0. The first-order valence-electron chi connectivity index (χ1n) is 6.00. The van der Waals surface area contributed by atoms with Crippen molar-refractivity contribution < 1.29 is 17.2 Å². The Morgan fingerprint density at radius 1 is 1.44 bits per heavy atom. The number of rotatable bonds is 6. The first kappa shape index (κ1) is 16.1. The summed E-state index contributed by atoms with van der Waals surface area (Å²) in [6, 6.07) is -0.140. The predicted octanol–water partition coefficient (Wildman–Crippen LogP) is 1.91. The van der Waals surface area contributed by atoms with E-state index in [1.54, 1.807) is 6.92 Å². The molecule has 1 heterocycles. The zero-order chi connectivity index (χ0) is 13.8. The van der Waals surface area contributed by atoms with Gasteiger partial charge in [-0.2, -0.15) is 17.0 Å². The van der Waals surface area contributed by atoms with Gasteiger partial charge in [-0.3, -0.25) is 0 Å². The van der Waals surface area contributed by atoms with Gasteiger partial charge in [-0.05, 0) is 19.8 Å². The van der Waals surface area contributed by atoms with E-state index in [-0.39, 0.29) is 18.5 Å². The molecule has 1 rings (SSSR count). The van der Waals surface area contributed by atoms with E-state index in [9.17, 15) is 17.2 Å². The maximum absolute atomic E-state index is 12.4. The highest BCUT2D eigenvalue weighted by Gasteiger charge is 2.35. The molecule has 1 saturated heterocycles. The molecule has 0 bridgehead atoms. The molecule has 108 valence electrons. The largest absolute Gasteiger partial charge is 0.282 e. The fourth-order valence-electron chi connectivity index (χ4n) is 2.11. The van der Waals surface area contributed by atoms with Gasteiger partial charge in [0.25, 0.3) is 16.6 Å². The molecule has 0 aromatic carbocycles. The Morgan fingerprint density at radius 2 is 2.11 bits per heavy atom. The minimum atomic E-state index is -3.83. The minimum Gasteiger partial charge on any atom is -0.209 e. The smallest absolute Gasteiger partial charge is 0.209 e. The Balaban J connectivity index is 2.85. The molecular weight excluding hydrogens is 286 g/mol. The summed E-state index contributed by atoms with van der Waals surface area (Å²) in [6.07, 6.45) is -0.185. The van der Waals surface area contributed by atoms with Crippen molar-refractivity contribution in [3.63, 3.8) is 0 Å². The standard InChI is InChI=1S/C10H19ClF2N2O2S/c1-9-4-2-3-6-15(9)18(16,17)14(7-5-11)8-10(12)13/h9-10H,2-8H2,1H3. The highest BCUT2D eigenvalue weighted by atomic mass is 35.5. The van der Waals surface area contributed by atoms with Crippen molar-refractivity contribution in [3.05, 3.63) is 0 Å². The molecule has 4 nitrogen and oxygen atoms in total. The SMILES string of the molecule is CC1CCCCN1S(=O)(=O)N(CCCl)CC(F)F. The summed E-state index contributed by atoms with van der Waals surface area (Å²) in [7, 11) is -3.83. The highest BCUT2D eigenvalue weighted by molar-refractivity contribution is 7.86. The predicted molar refractivity (Wildman–Crippen MR) is 67.2 cm³/mol. The normalized spacial score (nSPS) is 22.9. The molecule has 1 aliphatic rings. The van der Waals surface area contributed by atoms with E-state index in [0.29, 0.717) is 6.54 Å². The van der Waals surface area contributed by atoms with Crippen molar-refractivity contribution in [1.82, 2.24) is 8.61 Å². The van der Waals surface area contributed by atoms with Crippen LogP contribution in [0.15, 0.2) is 0 Å². The van der Waals surface area contributed by atoms with E-state index < -0.39 is 23.2 Å². The van der Waals surface area contributed by atoms with E-state index in [0.717, 1.165) is 23.6 Å². The molecule has 0 aliphatic carbocycles. The molecule has 1 aliphatic heterocycles. The maximum Gasteiger partial charge on any atom is 0.282 e. The molecule has 1 fully saturated rings. The van der Waals surface area contributed by atoms with Crippen molar-refractivity contribution in [1.29, 1.82) is 0 Å². The molecule has 1 atom stereocenters. The maximum atomic E-state index is 12.4. The second kappa shape index (κ2) is 6.98. The van der Waals surface area contributed by atoms with E-state index in [1.165, 1.54) is 4.31 Å². The fourth-order valence-corrected chi connectivity index (χ4v) is 4.26. The Hall–Kier alpha value is 0.0200. The lowest BCUT2D eigenvalue weighted by molar-refractivity contribution is 0.116. The van der Waals surface area contributed by atoms with Crippen LogP contribution < -0.4 is 0 Å². The molecule has 1 unspecified atom stereocenters. The molecule has 0 aromatic heterocycles. The van der Waals surface area contributed by atoms with E-state index in [1.807, 2.05) is 0 Å². The van der Waals surface area contributed by atoms with Crippen LogP contribution in [-0.2, 0) is 10.2 Å². The van der Waals surface area contributed by atoms with Gasteiger partial charge >= 0.3 is 0 Å². The minimum absolute atomic E-state index is 0.00811. The molecule has 8 heteroatoms. The Kier molecular flexibility index (Phi) is 6.23. The monoisotopic (exact) mass is 304 g/mol. The molecule has 0 N–H and O–H groups in total. The van der Waals surface area contributed by atoms with Gasteiger partial charge in [0.05, 0.1) is 6.54 Å². The molecule has 0 spiro atoms. The second-order valence-corrected chi connectivity index (χ2v) is 6.66. The summed E-state index contributed by atoms with van der Waals surface area (Å²) in [4.78, 5) is 0. The quantitative estimate of drug-likeness (QED) is 0.703. The summed E-state index contributed by atoms with van der Waals surface area (Å²) in [5.74, 6) is 0.00811. The molecule has 0 aromatic rings. The van der Waals surface area contributed by atoms with Crippen molar-refractivity contribution in [2.75, 3.05) is 25.5 Å². The molecule has 0 radical (unpaired) electrons. The van der Waals surface area contributed by atoms with Gasteiger partial charge < -0.3 is 0 Å². The van der Waals surface area contributed by atoms with Crippen molar-refractivity contribution in [2.45, 2.75) is 38.7 Å². The number of alkyl halides is 3. The van der Waals surface area contributed by atoms with Gasteiger partial charge in [0.2, 0.25) is 0 Å². The third-order valence-corrected chi connectivity index (χ3v) is 5.33. The van der Waals surface area contributed by atoms with Gasteiger partial charge in [0.15, 0.2) is 0 Å². The van der Waals surface area contributed by atoms with Crippen LogP contribution in [-0.4, -0.2) is 55.0 Å². The molecular formula is C10H19ClF2N2O2S. The summed E-state index contributed by atoms with van der Waals surface area (Å²) in [6.45, 7) is 1.32. The Bertz CT molecular complexity index is 354. The van der Waals surface area contributed by atoms with E-state index >= 15 is 0 Å². The van der Waals surface area contributed by atoms with Crippen LogP contribution in [0.5, 0.6) is 0 Å². The number of nitrogens with zero attached hydrogens (tertiary/aromatic N) is 2. The fraction of sp³-hybridized carbons (Fsp3) is 1.00. The van der Waals surface area contributed by atoms with Gasteiger partial charge in [-0.25, -0.2) is 8.78 Å². The van der Waals surface area contributed by atoms with Crippen LogP contribution in [0.2, 0.25) is 0 Å². The van der Waals surface area contributed by atoms with Gasteiger partial charge in [-0.15, -0.1) is 11.6 Å². The highest BCUT2D eigenvalue weighted by Crippen LogP contribution is 2.22. The van der Waals surface area contributed by atoms with Crippen molar-refractivity contribution in [2.24, 2.45) is 0 Å². The van der Waals surface area contributed by atoms with Crippen LogP contribution in [0.25, 0.3) is 0 Å². The lowest BCUT2D eigenvalue weighted by Gasteiger charge is -2.36. The van der Waals surface area contributed by atoms with E-state index in [2.05, 4.69) is 0 Å². The van der Waals surface area contributed by atoms with Crippen LogP contribution in [0.3, 0.4) is 0 Å². The number of hydrogen-bond donors (Lipinski definition) is 0. The lowest BCUT2D eigenvalue weighted by Crippen LogP contribution is -2.51. The number of halogens is 3. The van der Waals surface area contributed by atoms with Crippen LogP contribution in [0.1, 0.15) is 26.2 Å². The zero-order valence-electron chi connectivity index (χ0n) is 10.4. The van der Waals surface area contributed by atoms with Gasteiger partial charge in [0, 0.05) is 25.0 Å². The van der Waals surface area contributed by atoms with Gasteiger partial charge in [-0.1, -0.05) is 6.42 Å². The van der Waals surface area contributed by atoms with Crippen LogP contribution in [0, 0.1) is 0 Å². The number of piperidine rings is 1. The molecule has 18 heavy (non-hydrogen) atoms. The first-order valence-corrected chi connectivity index (χ1v) is 7.93. The van der Waals surface area contributed by atoms with Crippen LogP contribution in [0.4, 0.5) is 8.78 Å². The average Bonchev–Trinajstić information content (AvgIpc) is 2.28. The first-order chi connectivity index (χ1) is 8.39. The third kappa shape index (κ3) is 4.01. The zero-order valence-corrected chi connectivity index (χ0v) is 11.9. The average molecular weight is 305 g/mol. The molecule has 0 amide bonds. The molecule has 0 saturated carbocycles. The lowest BCUT2D eigenvalue weighted by atomic mass is 10.1. The van der Waals surface area contributed by atoms with Crippen molar-refractivity contribution in [3.8, 4) is 0 Å². The number of hydrogen-bond acceptors (Lipinski definition) is 2. The third-order valence-electron chi connectivity index (χ3n) is 3.04. The van der Waals surface area contributed by atoms with E-state index in [4.69, 9.17) is 11.6 Å². The Morgan fingerprint density at radius 3 is 2.61 bits per heavy atom. The topological polar surface area (TPSA) is 40.6 Å².